The zero-order valence-corrected chi connectivity index (χ0v) is 23.5. The van der Waals surface area contributed by atoms with Crippen molar-refractivity contribution in [2.24, 2.45) is 17.3 Å². The number of likely N-dealkylation sites (tertiary alicyclic amines) is 1. The third kappa shape index (κ3) is 6.21. The van der Waals surface area contributed by atoms with Crippen LogP contribution in [0.3, 0.4) is 0 Å². The Labute approximate surface area is 224 Å². The normalized spacial score (nSPS) is 25.9. The van der Waals surface area contributed by atoms with Gasteiger partial charge in [0, 0.05) is 17.9 Å². The van der Waals surface area contributed by atoms with Crippen LogP contribution in [0.2, 0.25) is 0 Å². The SMILES string of the molecule is CCCC(C(=O)N1CC2CC1CO2)N(C(=O)C1CCC(C)CC1)c1cc(C#CC(C)(C)C)sc1C(=O)O. The van der Waals surface area contributed by atoms with Crippen molar-refractivity contribution >= 4 is 34.8 Å². The maximum atomic E-state index is 14.2. The van der Waals surface area contributed by atoms with Gasteiger partial charge < -0.3 is 14.7 Å². The van der Waals surface area contributed by atoms with Crippen LogP contribution in [0.1, 0.15) is 94.1 Å². The molecule has 1 N–H and O–H groups in total. The van der Waals surface area contributed by atoms with Crippen molar-refractivity contribution in [3.05, 3.63) is 15.8 Å². The Bertz CT molecular complexity index is 1090. The number of thiophene rings is 1. The molecule has 3 unspecified atom stereocenters. The van der Waals surface area contributed by atoms with E-state index < -0.39 is 12.0 Å². The van der Waals surface area contributed by atoms with E-state index in [1.807, 2.05) is 32.6 Å². The van der Waals surface area contributed by atoms with Crippen molar-refractivity contribution < 1.29 is 24.2 Å². The topological polar surface area (TPSA) is 87.2 Å². The minimum atomic E-state index is -1.10. The summed E-state index contributed by atoms with van der Waals surface area (Å²) in [5.74, 6) is 5.31. The first kappa shape index (κ1) is 27.7. The maximum absolute atomic E-state index is 14.2. The summed E-state index contributed by atoms with van der Waals surface area (Å²) in [5, 5.41) is 10.1. The van der Waals surface area contributed by atoms with Gasteiger partial charge in [0.05, 0.1) is 29.3 Å². The van der Waals surface area contributed by atoms with Crippen LogP contribution in [0.15, 0.2) is 6.07 Å². The molecule has 202 valence electrons. The molecular formula is C29H40N2O5S. The lowest BCUT2D eigenvalue weighted by Gasteiger charge is -2.38. The summed E-state index contributed by atoms with van der Waals surface area (Å²) >= 11 is 1.08. The molecule has 1 aliphatic carbocycles. The number of anilines is 1. The molecule has 0 radical (unpaired) electrons. The number of ether oxygens (including phenoxy) is 1. The van der Waals surface area contributed by atoms with Crippen LogP contribution < -0.4 is 4.90 Å². The predicted molar refractivity (Wildman–Crippen MR) is 145 cm³/mol. The fraction of sp³-hybridized carbons (Fsp3) is 0.690. The zero-order valence-electron chi connectivity index (χ0n) is 22.7. The Morgan fingerprint density at radius 3 is 2.49 bits per heavy atom. The van der Waals surface area contributed by atoms with Crippen LogP contribution in [-0.2, 0) is 14.3 Å². The Morgan fingerprint density at radius 2 is 1.95 bits per heavy atom. The number of carboxylic acids is 1. The number of aromatic carboxylic acids is 1. The average molecular weight is 529 g/mol. The van der Waals surface area contributed by atoms with Crippen LogP contribution in [0.5, 0.6) is 0 Å². The zero-order chi connectivity index (χ0) is 26.9. The molecule has 3 fully saturated rings. The summed E-state index contributed by atoms with van der Waals surface area (Å²) in [4.78, 5) is 44.7. The summed E-state index contributed by atoms with van der Waals surface area (Å²) < 4.78 is 5.71. The number of carbonyl (C=O) groups is 3. The molecule has 3 atom stereocenters. The first-order valence-electron chi connectivity index (χ1n) is 13.6. The Morgan fingerprint density at radius 1 is 1.24 bits per heavy atom. The van der Waals surface area contributed by atoms with E-state index in [1.165, 1.54) is 0 Å². The van der Waals surface area contributed by atoms with E-state index in [1.54, 1.807) is 11.0 Å². The first-order valence-corrected chi connectivity index (χ1v) is 14.5. The second-order valence-corrected chi connectivity index (χ2v) is 13.0. The van der Waals surface area contributed by atoms with E-state index in [0.29, 0.717) is 42.5 Å². The lowest BCUT2D eigenvalue weighted by atomic mass is 9.82. The fourth-order valence-corrected chi connectivity index (χ4v) is 6.51. The molecule has 3 heterocycles. The fourth-order valence-electron chi connectivity index (χ4n) is 5.67. The molecule has 1 aromatic rings. The Balaban J connectivity index is 1.77. The molecule has 2 bridgehead atoms. The van der Waals surface area contributed by atoms with Gasteiger partial charge in [-0.1, -0.05) is 32.1 Å². The number of hydrogen-bond acceptors (Lipinski definition) is 5. The number of carboxylic acid groups (broad SMARTS) is 1. The second kappa shape index (κ2) is 11.2. The first-order chi connectivity index (χ1) is 17.5. The molecule has 2 aliphatic heterocycles. The van der Waals surface area contributed by atoms with Gasteiger partial charge in [-0.2, -0.15) is 0 Å². The highest BCUT2D eigenvalue weighted by Gasteiger charge is 2.46. The standard InChI is InChI=1S/C29H40N2O5S/c1-6-7-23(27(33)30-16-21-14-20(30)17-36-21)31(26(32)19-10-8-18(2)9-11-19)24-15-22(12-13-29(3,4)5)37-25(24)28(34)35/h15,18-21,23H,6-11,14,16-17H2,1-5H3,(H,34,35). The minimum Gasteiger partial charge on any atom is -0.477 e. The molecule has 0 spiro atoms. The van der Waals surface area contributed by atoms with E-state index in [0.717, 1.165) is 43.4 Å². The minimum absolute atomic E-state index is 0.0268. The average Bonchev–Trinajstić information content (AvgIpc) is 3.58. The quantitative estimate of drug-likeness (QED) is 0.493. The van der Waals surface area contributed by atoms with Gasteiger partial charge in [0.1, 0.15) is 10.9 Å². The molecule has 37 heavy (non-hydrogen) atoms. The van der Waals surface area contributed by atoms with Crippen molar-refractivity contribution in [2.45, 2.75) is 97.8 Å². The molecule has 0 aromatic carbocycles. The number of hydrogen-bond donors (Lipinski definition) is 1. The maximum Gasteiger partial charge on any atom is 0.348 e. The molecule has 1 aromatic heterocycles. The molecule has 8 heteroatoms. The van der Waals surface area contributed by atoms with E-state index in [-0.39, 0.29) is 40.2 Å². The number of rotatable bonds is 7. The summed E-state index contributed by atoms with van der Waals surface area (Å²) in [7, 11) is 0. The third-order valence-corrected chi connectivity index (χ3v) is 8.70. The predicted octanol–water partition coefficient (Wildman–Crippen LogP) is 5.17. The van der Waals surface area contributed by atoms with Crippen LogP contribution in [0.4, 0.5) is 5.69 Å². The number of carbonyl (C=O) groups excluding carboxylic acids is 2. The number of fused-ring (bicyclic) bond motifs is 2. The van der Waals surface area contributed by atoms with Crippen molar-refractivity contribution in [3.63, 3.8) is 0 Å². The van der Waals surface area contributed by atoms with Gasteiger partial charge in [0.2, 0.25) is 11.8 Å². The highest BCUT2D eigenvalue weighted by atomic mass is 32.1. The van der Waals surface area contributed by atoms with E-state index in [2.05, 4.69) is 18.8 Å². The smallest absolute Gasteiger partial charge is 0.348 e. The molecule has 2 amide bonds. The lowest BCUT2D eigenvalue weighted by Crippen LogP contribution is -2.55. The van der Waals surface area contributed by atoms with Gasteiger partial charge in [-0.15, -0.1) is 11.3 Å². The van der Waals surface area contributed by atoms with Gasteiger partial charge in [0.25, 0.3) is 0 Å². The van der Waals surface area contributed by atoms with E-state index >= 15 is 0 Å². The molecule has 2 saturated heterocycles. The van der Waals surface area contributed by atoms with Crippen molar-refractivity contribution in [1.29, 1.82) is 0 Å². The Kier molecular flexibility index (Phi) is 8.35. The Hall–Kier alpha value is -2.37. The lowest BCUT2D eigenvalue weighted by molar-refractivity contribution is -0.139. The third-order valence-electron chi connectivity index (χ3n) is 7.67. The van der Waals surface area contributed by atoms with Gasteiger partial charge in [-0.05, 0) is 71.3 Å². The second-order valence-electron chi connectivity index (χ2n) is 11.9. The van der Waals surface area contributed by atoms with Crippen LogP contribution in [0, 0.1) is 29.1 Å². The van der Waals surface area contributed by atoms with Crippen LogP contribution >= 0.6 is 11.3 Å². The van der Waals surface area contributed by atoms with E-state index in [4.69, 9.17) is 4.74 Å². The monoisotopic (exact) mass is 528 g/mol. The van der Waals surface area contributed by atoms with Gasteiger partial charge in [-0.3, -0.25) is 14.5 Å². The van der Waals surface area contributed by atoms with Crippen molar-refractivity contribution in [2.75, 3.05) is 18.1 Å². The van der Waals surface area contributed by atoms with E-state index in [9.17, 15) is 19.5 Å². The summed E-state index contributed by atoms with van der Waals surface area (Å²) in [5.41, 5.74) is 0.0615. The van der Waals surface area contributed by atoms with Gasteiger partial charge in [0.15, 0.2) is 0 Å². The van der Waals surface area contributed by atoms with Gasteiger partial charge >= 0.3 is 5.97 Å². The molecular weight excluding hydrogens is 488 g/mol. The summed E-state index contributed by atoms with van der Waals surface area (Å²) in [6.07, 6.45) is 5.48. The highest BCUT2D eigenvalue weighted by Crippen LogP contribution is 2.38. The number of nitrogens with zero attached hydrogens (tertiary/aromatic N) is 2. The largest absolute Gasteiger partial charge is 0.477 e. The van der Waals surface area contributed by atoms with Crippen LogP contribution in [-0.4, -0.2) is 59.1 Å². The summed E-state index contributed by atoms with van der Waals surface area (Å²) in [6.45, 7) is 11.2. The molecule has 4 rings (SSSR count). The number of morpholine rings is 1. The highest BCUT2D eigenvalue weighted by molar-refractivity contribution is 7.15. The van der Waals surface area contributed by atoms with Crippen LogP contribution in [0.25, 0.3) is 0 Å². The van der Waals surface area contributed by atoms with Crippen molar-refractivity contribution in [3.8, 4) is 11.8 Å². The van der Waals surface area contributed by atoms with Crippen molar-refractivity contribution in [1.82, 2.24) is 4.90 Å². The summed E-state index contributed by atoms with van der Waals surface area (Å²) in [6, 6.07) is 0.997. The van der Waals surface area contributed by atoms with Gasteiger partial charge in [-0.25, -0.2) is 4.79 Å². The number of amides is 2. The molecule has 7 nitrogen and oxygen atoms in total. The molecule has 1 saturated carbocycles. The molecule has 3 aliphatic rings.